The fourth-order valence-electron chi connectivity index (χ4n) is 1.96. The highest BCUT2D eigenvalue weighted by molar-refractivity contribution is 7.19. The van der Waals surface area contributed by atoms with Crippen LogP contribution in [0.3, 0.4) is 0 Å². The second-order valence-electron chi connectivity index (χ2n) is 4.08. The van der Waals surface area contributed by atoms with Gasteiger partial charge in [-0.25, -0.2) is 9.37 Å². The summed E-state index contributed by atoms with van der Waals surface area (Å²) in [7, 11) is 0. The van der Waals surface area contributed by atoms with Crippen LogP contribution in [0.15, 0.2) is 54.6 Å². The highest BCUT2D eigenvalue weighted by atomic mass is 32.1. The van der Waals surface area contributed by atoms with E-state index in [2.05, 4.69) is 4.98 Å². The smallest absolute Gasteiger partial charge is 0.181 e. The number of rotatable bonds is 2. The van der Waals surface area contributed by atoms with E-state index in [4.69, 9.17) is 5.73 Å². The van der Waals surface area contributed by atoms with Crippen molar-refractivity contribution in [2.24, 2.45) is 0 Å². The van der Waals surface area contributed by atoms with Gasteiger partial charge in [0.1, 0.15) is 5.82 Å². The molecule has 0 saturated carbocycles. The number of nitrogens with two attached hydrogens (primary N) is 1. The lowest BCUT2D eigenvalue weighted by Crippen LogP contribution is -1.87. The third kappa shape index (κ3) is 2.22. The molecule has 3 rings (SSSR count). The van der Waals surface area contributed by atoms with Crippen molar-refractivity contribution < 1.29 is 4.39 Å². The van der Waals surface area contributed by atoms with Gasteiger partial charge >= 0.3 is 0 Å². The predicted octanol–water partition coefficient (Wildman–Crippen LogP) is 4.20. The zero-order valence-corrected chi connectivity index (χ0v) is 10.8. The first-order valence-electron chi connectivity index (χ1n) is 5.82. The topological polar surface area (TPSA) is 38.9 Å². The molecule has 0 bridgehead atoms. The molecule has 0 saturated heterocycles. The van der Waals surface area contributed by atoms with Crippen molar-refractivity contribution in [1.82, 2.24) is 4.98 Å². The second-order valence-corrected chi connectivity index (χ2v) is 5.11. The molecule has 2 aromatic carbocycles. The molecule has 2 N–H and O–H groups in total. The van der Waals surface area contributed by atoms with Gasteiger partial charge in [0.2, 0.25) is 0 Å². The first-order chi connectivity index (χ1) is 9.25. The van der Waals surface area contributed by atoms with Gasteiger partial charge in [-0.2, -0.15) is 0 Å². The Hall–Kier alpha value is -2.20. The van der Waals surface area contributed by atoms with E-state index >= 15 is 0 Å². The average molecular weight is 270 g/mol. The summed E-state index contributed by atoms with van der Waals surface area (Å²) in [6, 6.07) is 16.4. The summed E-state index contributed by atoms with van der Waals surface area (Å²) in [5, 5.41) is 0.442. The maximum atomic E-state index is 13.9. The summed E-state index contributed by atoms with van der Waals surface area (Å²) in [5.41, 5.74) is 7.87. The van der Waals surface area contributed by atoms with Gasteiger partial charge in [0.05, 0.1) is 10.6 Å². The van der Waals surface area contributed by atoms with Crippen molar-refractivity contribution in [3.05, 3.63) is 60.4 Å². The SMILES string of the molecule is Nc1nc(-c2ccccc2F)c(-c2ccccc2)s1. The third-order valence-electron chi connectivity index (χ3n) is 2.81. The average Bonchev–Trinajstić information content (AvgIpc) is 2.82. The lowest BCUT2D eigenvalue weighted by molar-refractivity contribution is 0.631. The van der Waals surface area contributed by atoms with Crippen LogP contribution in [0.5, 0.6) is 0 Å². The Bertz CT molecular complexity index is 707. The van der Waals surface area contributed by atoms with E-state index < -0.39 is 0 Å². The molecular formula is C15H11FN2S. The van der Waals surface area contributed by atoms with E-state index in [1.165, 1.54) is 17.4 Å². The molecular weight excluding hydrogens is 259 g/mol. The van der Waals surface area contributed by atoms with Crippen LogP contribution in [0.4, 0.5) is 9.52 Å². The predicted molar refractivity (Wildman–Crippen MR) is 77.4 cm³/mol. The summed E-state index contributed by atoms with van der Waals surface area (Å²) >= 11 is 1.37. The number of nitrogen functional groups attached to an aromatic ring is 1. The minimum absolute atomic E-state index is 0.287. The molecule has 0 fully saturated rings. The normalized spacial score (nSPS) is 10.6. The van der Waals surface area contributed by atoms with Crippen molar-refractivity contribution in [2.45, 2.75) is 0 Å². The van der Waals surface area contributed by atoms with Gasteiger partial charge in [0.15, 0.2) is 5.13 Å². The standard InChI is InChI=1S/C15H11FN2S/c16-12-9-5-4-8-11(12)13-14(19-15(17)18-13)10-6-2-1-3-7-10/h1-9H,(H2,17,18). The van der Waals surface area contributed by atoms with Gasteiger partial charge in [0, 0.05) is 5.56 Å². The summed E-state index contributed by atoms with van der Waals surface area (Å²) in [5.74, 6) is -0.287. The van der Waals surface area contributed by atoms with Crippen molar-refractivity contribution >= 4 is 16.5 Å². The van der Waals surface area contributed by atoms with Gasteiger partial charge < -0.3 is 5.73 Å². The lowest BCUT2D eigenvalue weighted by Gasteiger charge is -2.03. The fourth-order valence-corrected chi connectivity index (χ4v) is 2.81. The van der Waals surface area contributed by atoms with Crippen LogP contribution in [0.25, 0.3) is 21.7 Å². The molecule has 0 radical (unpaired) electrons. The van der Waals surface area contributed by atoms with Gasteiger partial charge in [-0.3, -0.25) is 0 Å². The van der Waals surface area contributed by atoms with E-state index in [9.17, 15) is 4.39 Å². The fraction of sp³-hybridized carbons (Fsp3) is 0. The van der Waals surface area contributed by atoms with E-state index in [0.717, 1.165) is 10.4 Å². The summed E-state index contributed by atoms with van der Waals surface area (Å²) in [6.45, 7) is 0. The Kier molecular flexibility index (Phi) is 3.01. The maximum absolute atomic E-state index is 13.9. The van der Waals surface area contributed by atoms with E-state index in [1.807, 2.05) is 30.3 Å². The molecule has 0 aliphatic heterocycles. The summed E-state index contributed by atoms with van der Waals surface area (Å²) in [6.07, 6.45) is 0. The number of benzene rings is 2. The Morgan fingerprint density at radius 1 is 0.947 bits per heavy atom. The Morgan fingerprint density at radius 3 is 2.37 bits per heavy atom. The largest absolute Gasteiger partial charge is 0.375 e. The monoisotopic (exact) mass is 270 g/mol. The number of hydrogen-bond acceptors (Lipinski definition) is 3. The molecule has 0 amide bonds. The number of aromatic nitrogens is 1. The first kappa shape index (κ1) is 11.9. The van der Waals surface area contributed by atoms with Crippen LogP contribution in [0, 0.1) is 5.82 Å². The molecule has 1 aromatic heterocycles. The Balaban J connectivity index is 2.21. The van der Waals surface area contributed by atoms with Crippen molar-refractivity contribution in [3.63, 3.8) is 0 Å². The number of hydrogen-bond donors (Lipinski definition) is 1. The van der Waals surface area contributed by atoms with Crippen LogP contribution >= 0.6 is 11.3 Å². The quantitative estimate of drug-likeness (QED) is 0.758. The molecule has 94 valence electrons. The Morgan fingerprint density at radius 2 is 1.63 bits per heavy atom. The zero-order valence-electron chi connectivity index (χ0n) is 10.0. The molecule has 4 heteroatoms. The number of nitrogens with zero attached hydrogens (tertiary/aromatic N) is 1. The van der Waals surface area contributed by atoms with Gasteiger partial charge in [0.25, 0.3) is 0 Å². The molecule has 19 heavy (non-hydrogen) atoms. The van der Waals surface area contributed by atoms with Crippen molar-refractivity contribution in [3.8, 4) is 21.7 Å². The molecule has 1 heterocycles. The van der Waals surface area contributed by atoms with Crippen LogP contribution in [0.1, 0.15) is 0 Å². The minimum Gasteiger partial charge on any atom is -0.375 e. The third-order valence-corrected chi connectivity index (χ3v) is 3.74. The number of halogens is 1. The molecule has 0 unspecified atom stereocenters. The van der Waals surface area contributed by atoms with E-state index in [0.29, 0.717) is 16.4 Å². The summed E-state index contributed by atoms with van der Waals surface area (Å²) in [4.78, 5) is 5.17. The molecule has 3 aromatic rings. The molecule has 0 aliphatic rings. The van der Waals surface area contributed by atoms with Crippen LogP contribution in [-0.4, -0.2) is 4.98 Å². The van der Waals surface area contributed by atoms with Gasteiger partial charge in [-0.15, -0.1) is 0 Å². The molecule has 2 nitrogen and oxygen atoms in total. The number of thiazole rings is 1. The van der Waals surface area contributed by atoms with Crippen molar-refractivity contribution in [2.75, 3.05) is 5.73 Å². The first-order valence-corrected chi connectivity index (χ1v) is 6.64. The highest BCUT2D eigenvalue weighted by Crippen LogP contribution is 2.38. The molecule has 0 atom stereocenters. The highest BCUT2D eigenvalue weighted by Gasteiger charge is 2.16. The van der Waals surface area contributed by atoms with E-state index in [-0.39, 0.29) is 5.82 Å². The Labute approximate surface area is 114 Å². The lowest BCUT2D eigenvalue weighted by atomic mass is 10.1. The van der Waals surface area contributed by atoms with Gasteiger partial charge in [-0.1, -0.05) is 53.8 Å². The molecule has 0 spiro atoms. The van der Waals surface area contributed by atoms with E-state index in [1.54, 1.807) is 18.2 Å². The van der Waals surface area contributed by atoms with Crippen molar-refractivity contribution in [1.29, 1.82) is 0 Å². The number of anilines is 1. The van der Waals surface area contributed by atoms with Gasteiger partial charge in [-0.05, 0) is 17.7 Å². The minimum atomic E-state index is -0.287. The maximum Gasteiger partial charge on any atom is 0.181 e. The molecule has 0 aliphatic carbocycles. The second kappa shape index (κ2) is 4.82. The van der Waals surface area contributed by atoms with Crippen LogP contribution in [0.2, 0.25) is 0 Å². The van der Waals surface area contributed by atoms with Crippen LogP contribution in [-0.2, 0) is 0 Å². The zero-order chi connectivity index (χ0) is 13.2. The van der Waals surface area contributed by atoms with Crippen LogP contribution < -0.4 is 5.73 Å². The summed E-state index contributed by atoms with van der Waals surface area (Å²) < 4.78 is 13.9.